The molecule has 2 rings (SSSR count). The monoisotopic (exact) mass is 291 g/mol. The molecule has 0 spiro atoms. The minimum absolute atomic E-state index is 0.218. The molecule has 21 heavy (non-hydrogen) atoms. The molecule has 2 heterocycles. The third-order valence-corrected chi connectivity index (χ3v) is 3.15. The molecule has 0 radical (unpaired) electrons. The second kappa shape index (κ2) is 5.67. The van der Waals surface area contributed by atoms with Gasteiger partial charge >= 0.3 is 0 Å². The van der Waals surface area contributed by atoms with Gasteiger partial charge in [-0.05, 0) is 33.3 Å². The second-order valence-electron chi connectivity index (χ2n) is 5.64. The quantitative estimate of drug-likeness (QED) is 0.906. The van der Waals surface area contributed by atoms with E-state index in [-0.39, 0.29) is 5.91 Å². The molecule has 0 atom stereocenters. The van der Waals surface area contributed by atoms with Crippen LogP contribution < -0.4 is 5.32 Å². The van der Waals surface area contributed by atoms with Crippen LogP contribution >= 0.6 is 0 Å². The summed E-state index contributed by atoms with van der Waals surface area (Å²) in [6.07, 6.45) is 1.67. The SMILES string of the molecule is CCCc1nc(C(C)(C)NC(=O)c2cc(C)nn2C)no1. The van der Waals surface area contributed by atoms with Crippen molar-refractivity contribution >= 4 is 5.91 Å². The van der Waals surface area contributed by atoms with E-state index in [0.717, 1.165) is 18.5 Å². The molecule has 1 N–H and O–H groups in total. The Morgan fingerprint density at radius 3 is 2.76 bits per heavy atom. The van der Waals surface area contributed by atoms with Gasteiger partial charge in [-0.3, -0.25) is 9.48 Å². The fourth-order valence-electron chi connectivity index (χ4n) is 2.05. The van der Waals surface area contributed by atoms with Gasteiger partial charge in [0, 0.05) is 13.5 Å². The zero-order chi connectivity index (χ0) is 15.6. The van der Waals surface area contributed by atoms with Crippen molar-refractivity contribution < 1.29 is 9.32 Å². The largest absolute Gasteiger partial charge is 0.339 e. The molecule has 1 amide bonds. The Hall–Kier alpha value is -2.18. The number of aryl methyl sites for hydroxylation is 3. The van der Waals surface area contributed by atoms with Crippen molar-refractivity contribution in [3.63, 3.8) is 0 Å². The Morgan fingerprint density at radius 1 is 1.48 bits per heavy atom. The van der Waals surface area contributed by atoms with Gasteiger partial charge in [-0.15, -0.1) is 0 Å². The summed E-state index contributed by atoms with van der Waals surface area (Å²) in [7, 11) is 1.74. The fourth-order valence-corrected chi connectivity index (χ4v) is 2.05. The summed E-state index contributed by atoms with van der Waals surface area (Å²) in [4.78, 5) is 16.7. The highest BCUT2D eigenvalue weighted by atomic mass is 16.5. The molecule has 7 nitrogen and oxygen atoms in total. The van der Waals surface area contributed by atoms with Crippen LogP contribution in [-0.2, 0) is 19.0 Å². The molecule has 0 saturated heterocycles. The summed E-state index contributed by atoms with van der Waals surface area (Å²) in [6.45, 7) is 7.57. The smallest absolute Gasteiger partial charge is 0.270 e. The van der Waals surface area contributed by atoms with E-state index in [9.17, 15) is 4.79 Å². The summed E-state index contributed by atoms with van der Waals surface area (Å²) in [5.74, 6) is 0.842. The van der Waals surface area contributed by atoms with Crippen LogP contribution in [0.4, 0.5) is 0 Å². The number of nitrogens with one attached hydrogen (secondary N) is 1. The standard InChI is InChI=1S/C14H21N5O2/c1-6-7-11-15-13(18-21-11)14(3,4)16-12(20)10-8-9(2)17-19(10)5/h8H,6-7H2,1-5H3,(H,16,20). The molecule has 0 unspecified atom stereocenters. The lowest BCUT2D eigenvalue weighted by atomic mass is 10.0. The molecule has 0 aliphatic heterocycles. The summed E-state index contributed by atoms with van der Waals surface area (Å²) >= 11 is 0. The van der Waals surface area contributed by atoms with Gasteiger partial charge in [-0.25, -0.2) is 0 Å². The Morgan fingerprint density at radius 2 is 2.19 bits per heavy atom. The van der Waals surface area contributed by atoms with Gasteiger partial charge < -0.3 is 9.84 Å². The van der Waals surface area contributed by atoms with Crippen molar-refractivity contribution in [2.24, 2.45) is 7.05 Å². The van der Waals surface area contributed by atoms with E-state index in [1.54, 1.807) is 17.8 Å². The van der Waals surface area contributed by atoms with Gasteiger partial charge in [0.1, 0.15) is 5.69 Å². The number of carbonyl (C=O) groups excluding carboxylic acids is 1. The van der Waals surface area contributed by atoms with E-state index in [1.807, 2.05) is 27.7 Å². The minimum atomic E-state index is -0.718. The van der Waals surface area contributed by atoms with Crippen molar-refractivity contribution in [2.45, 2.75) is 46.1 Å². The predicted octanol–water partition coefficient (Wildman–Crippen LogP) is 1.73. The Balaban J connectivity index is 2.16. The van der Waals surface area contributed by atoms with E-state index in [4.69, 9.17) is 4.52 Å². The number of rotatable bonds is 5. The van der Waals surface area contributed by atoms with Gasteiger partial charge in [0.15, 0.2) is 5.82 Å². The second-order valence-corrected chi connectivity index (χ2v) is 5.64. The molecular weight excluding hydrogens is 270 g/mol. The molecule has 0 aliphatic carbocycles. The molecule has 0 bridgehead atoms. The molecule has 7 heteroatoms. The van der Waals surface area contributed by atoms with Gasteiger partial charge in [0.05, 0.1) is 11.2 Å². The molecule has 114 valence electrons. The molecule has 2 aromatic rings. The topological polar surface area (TPSA) is 85.8 Å². The van der Waals surface area contributed by atoms with Gasteiger partial charge in [0.2, 0.25) is 5.89 Å². The molecule has 2 aromatic heterocycles. The van der Waals surface area contributed by atoms with E-state index in [1.165, 1.54) is 0 Å². The van der Waals surface area contributed by atoms with E-state index >= 15 is 0 Å². The van der Waals surface area contributed by atoms with E-state index in [2.05, 4.69) is 20.6 Å². The maximum atomic E-state index is 12.3. The zero-order valence-electron chi connectivity index (χ0n) is 13.1. The molecule has 0 aromatic carbocycles. The minimum Gasteiger partial charge on any atom is -0.339 e. The first kappa shape index (κ1) is 15.2. The van der Waals surface area contributed by atoms with Crippen molar-refractivity contribution in [3.05, 3.63) is 29.2 Å². The number of hydrogen-bond acceptors (Lipinski definition) is 5. The van der Waals surface area contributed by atoms with Crippen LogP contribution in [-0.4, -0.2) is 25.8 Å². The zero-order valence-corrected chi connectivity index (χ0v) is 13.1. The number of nitrogens with zero attached hydrogens (tertiary/aromatic N) is 4. The maximum Gasteiger partial charge on any atom is 0.270 e. The van der Waals surface area contributed by atoms with Crippen LogP contribution in [0.15, 0.2) is 10.6 Å². The normalized spacial score (nSPS) is 11.7. The first-order valence-corrected chi connectivity index (χ1v) is 6.99. The Labute approximate surface area is 123 Å². The third-order valence-electron chi connectivity index (χ3n) is 3.15. The molecule has 0 saturated carbocycles. The summed E-state index contributed by atoms with van der Waals surface area (Å²) in [5.41, 5.74) is 0.577. The lowest BCUT2D eigenvalue weighted by Crippen LogP contribution is -2.42. The van der Waals surface area contributed by atoms with Crippen LogP contribution in [0.5, 0.6) is 0 Å². The predicted molar refractivity (Wildman–Crippen MR) is 76.7 cm³/mol. The van der Waals surface area contributed by atoms with Crippen LogP contribution in [0.3, 0.4) is 0 Å². The summed E-state index contributed by atoms with van der Waals surface area (Å²) < 4.78 is 6.73. The number of carbonyl (C=O) groups is 1. The molecule has 0 aliphatic rings. The highest BCUT2D eigenvalue weighted by Gasteiger charge is 2.30. The average Bonchev–Trinajstić information content (AvgIpc) is 2.96. The van der Waals surface area contributed by atoms with Crippen LogP contribution in [0, 0.1) is 6.92 Å². The first-order valence-electron chi connectivity index (χ1n) is 6.99. The molecule has 0 fully saturated rings. The number of hydrogen-bond donors (Lipinski definition) is 1. The number of amides is 1. The van der Waals surface area contributed by atoms with Crippen LogP contribution in [0.25, 0.3) is 0 Å². The lowest BCUT2D eigenvalue weighted by Gasteiger charge is -2.22. The Kier molecular flexibility index (Phi) is 4.11. The highest BCUT2D eigenvalue weighted by Crippen LogP contribution is 2.18. The molecular formula is C14H21N5O2. The van der Waals surface area contributed by atoms with Gasteiger partial charge in [-0.1, -0.05) is 12.1 Å². The van der Waals surface area contributed by atoms with Crippen molar-refractivity contribution in [2.75, 3.05) is 0 Å². The van der Waals surface area contributed by atoms with Gasteiger partial charge in [-0.2, -0.15) is 10.1 Å². The van der Waals surface area contributed by atoms with Crippen molar-refractivity contribution in [3.8, 4) is 0 Å². The Bertz CT molecular complexity index is 642. The van der Waals surface area contributed by atoms with E-state index < -0.39 is 5.54 Å². The fraction of sp³-hybridized carbons (Fsp3) is 0.571. The highest BCUT2D eigenvalue weighted by molar-refractivity contribution is 5.93. The van der Waals surface area contributed by atoms with Crippen LogP contribution in [0.2, 0.25) is 0 Å². The number of aromatic nitrogens is 4. The lowest BCUT2D eigenvalue weighted by molar-refractivity contribution is 0.0897. The third kappa shape index (κ3) is 3.29. The van der Waals surface area contributed by atoms with Gasteiger partial charge in [0.25, 0.3) is 5.91 Å². The summed E-state index contributed by atoms with van der Waals surface area (Å²) in [5, 5.41) is 11.0. The van der Waals surface area contributed by atoms with Crippen molar-refractivity contribution in [1.82, 2.24) is 25.2 Å². The summed E-state index contributed by atoms with van der Waals surface area (Å²) in [6, 6.07) is 1.74. The maximum absolute atomic E-state index is 12.3. The van der Waals surface area contributed by atoms with E-state index in [0.29, 0.717) is 17.4 Å². The van der Waals surface area contributed by atoms with Crippen LogP contribution in [0.1, 0.15) is 55.1 Å². The van der Waals surface area contributed by atoms with Crippen molar-refractivity contribution in [1.29, 1.82) is 0 Å². The average molecular weight is 291 g/mol. The first-order chi connectivity index (χ1) is 9.83.